The number of aryl methyl sites for hydroxylation is 2. The van der Waals surface area contributed by atoms with E-state index in [9.17, 15) is 23.5 Å². The lowest BCUT2D eigenvalue weighted by Crippen LogP contribution is -2.51. The molecule has 2 aromatic heterocycles. The fraction of sp³-hybridized carbons (Fsp3) is 0.609. The van der Waals surface area contributed by atoms with E-state index in [1.54, 1.807) is 26.1 Å². The Kier molecular flexibility index (Phi) is 6.91. The number of rotatable bonds is 7. The highest BCUT2D eigenvalue weighted by Crippen LogP contribution is 2.40. The number of carboxylic acid groups (broad SMARTS) is 1. The number of ether oxygens (including phenoxy) is 2. The molecule has 2 aromatic rings. The lowest BCUT2D eigenvalue weighted by atomic mass is 9.87. The normalized spacial score (nSPS) is 21.7. The minimum Gasteiger partial charge on any atom is -0.489 e. The summed E-state index contributed by atoms with van der Waals surface area (Å²) in [5, 5.41) is 17.4. The topological polar surface area (TPSA) is 120 Å². The van der Waals surface area contributed by atoms with Crippen LogP contribution in [0, 0.1) is 12.8 Å². The van der Waals surface area contributed by atoms with E-state index in [1.165, 1.54) is 16.6 Å². The number of halogens is 2. The van der Waals surface area contributed by atoms with Crippen LogP contribution in [-0.4, -0.2) is 67.2 Å². The van der Waals surface area contributed by atoms with E-state index in [0.717, 1.165) is 12.8 Å². The first kappa shape index (κ1) is 24.8. The van der Waals surface area contributed by atoms with Gasteiger partial charge < -0.3 is 19.5 Å². The Balaban J connectivity index is 1.41. The third-order valence-corrected chi connectivity index (χ3v) is 6.73. The molecule has 2 aliphatic carbocycles. The molecule has 0 bridgehead atoms. The van der Waals surface area contributed by atoms with Crippen LogP contribution < -0.4 is 4.74 Å². The summed E-state index contributed by atoms with van der Waals surface area (Å²) in [4.78, 5) is 29.4. The summed E-state index contributed by atoms with van der Waals surface area (Å²) < 4.78 is 39.1. The lowest BCUT2D eigenvalue weighted by molar-refractivity contribution is -0.143. The number of carbonyl (C=O) groups excluding carboxylic acids is 1. The second-order valence-electron chi connectivity index (χ2n) is 9.31. The molecule has 2 aliphatic rings. The molecule has 2 atom stereocenters. The molecule has 12 heteroatoms. The number of carbonyl (C=O) groups is 2. The highest BCUT2D eigenvalue weighted by molar-refractivity contribution is 5.70. The standard InChI is InChI=1S/C23H29F2N5O5/c1-13-19(35-16-6-4-5-14(9-16)21(31)32)8-7-17(26-13)20-18(30(3)28-27-20)12-34-22(33)29(2)15-10-23(24,25)11-15/h7-8,14-16H,4-6,9-12H2,1-3H3,(H,31,32)/t14-,16-/m0/s1. The summed E-state index contributed by atoms with van der Waals surface area (Å²) in [6.45, 7) is 1.64. The van der Waals surface area contributed by atoms with Crippen molar-refractivity contribution < 1.29 is 33.0 Å². The van der Waals surface area contributed by atoms with Gasteiger partial charge in [-0.1, -0.05) is 5.21 Å². The zero-order chi connectivity index (χ0) is 25.3. The highest BCUT2D eigenvalue weighted by atomic mass is 19.3. The van der Waals surface area contributed by atoms with Gasteiger partial charge in [0.2, 0.25) is 0 Å². The fourth-order valence-electron chi connectivity index (χ4n) is 4.48. The van der Waals surface area contributed by atoms with Gasteiger partial charge in [-0.2, -0.15) is 0 Å². The molecule has 0 radical (unpaired) electrons. The molecule has 2 saturated carbocycles. The first-order valence-electron chi connectivity index (χ1n) is 11.6. The van der Waals surface area contributed by atoms with Crippen molar-refractivity contribution >= 4 is 12.1 Å². The van der Waals surface area contributed by atoms with Crippen LogP contribution in [0.2, 0.25) is 0 Å². The minimum atomic E-state index is -2.73. The summed E-state index contributed by atoms with van der Waals surface area (Å²) in [6, 6.07) is 2.93. The monoisotopic (exact) mass is 493 g/mol. The van der Waals surface area contributed by atoms with E-state index in [2.05, 4.69) is 15.3 Å². The van der Waals surface area contributed by atoms with Gasteiger partial charge in [-0.15, -0.1) is 5.10 Å². The Morgan fingerprint density at radius 2 is 2.03 bits per heavy atom. The van der Waals surface area contributed by atoms with E-state index in [-0.39, 0.29) is 25.6 Å². The summed E-state index contributed by atoms with van der Waals surface area (Å²) in [6.07, 6.45) is 1.09. The quantitative estimate of drug-likeness (QED) is 0.622. The molecule has 0 unspecified atom stereocenters. The molecular formula is C23H29F2N5O5. The second-order valence-corrected chi connectivity index (χ2v) is 9.31. The van der Waals surface area contributed by atoms with E-state index in [1.807, 2.05) is 0 Å². The molecule has 35 heavy (non-hydrogen) atoms. The summed E-state index contributed by atoms with van der Waals surface area (Å²) in [7, 11) is 3.10. The maximum absolute atomic E-state index is 13.1. The predicted molar refractivity (Wildman–Crippen MR) is 119 cm³/mol. The number of aromatic nitrogens is 4. The van der Waals surface area contributed by atoms with Crippen LogP contribution in [0.5, 0.6) is 5.75 Å². The number of hydrogen-bond donors (Lipinski definition) is 1. The smallest absolute Gasteiger partial charge is 0.410 e. The number of amides is 1. The van der Waals surface area contributed by atoms with Crippen LogP contribution in [0.1, 0.15) is 49.9 Å². The minimum absolute atomic E-state index is 0.150. The number of nitrogens with zero attached hydrogens (tertiary/aromatic N) is 5. The molecule has 0 aromatic carbocycles. The Morgan fingerprint density at radius 1 is 1.29 bits per heavy atom. The van der Waals surface area contributed by atoms with Gasteiger partial charge in [0.15, 0.2) is 0 Å². The van der Waals surface area contributed by atoms with Gasteiger partial charge in [0.25, 0.3) is 5.92 Å². The average Bonchev–Trinajstić information content (AvgIpc) is 3.17. The fourth-order valence-corrected chi connectivity index (χ4v) is 4.48. The van der Waals surface area contributed by atoms with E-state index >= 15 is 0 Å². The van der Waals surface area contributed by atoms with E-state index < -0.39 is 29.9 Å². The van der Waals surface area contributed by atoms with Crippen molar-refractivity contribution in [1.29, 1.82) is 0 Å². The van der Waals surface area contributed by atoms with Crippen LogP contribution in [0.3, 0.4) is 0 Å². The van der Waals surface area contributed by atoms with Gasteiger partial charge in [0, 0.05) is 33.0 Å². The van der Waals surface area contributed by atoms with Gasteiger partial charge in [-0.25, -0.2) is 23.2 Å². The Morgan fingerprint density at radius 3 is 2.69 bits per heavy atom. The molecule has 4 rings (SSSR count). The molecule has 190 valence electrons. The number of pyridine rings is 1. The Bertz CT molecular complexity index is 1100. The van der Waals surface area contributed by atoms with Crippen LogP contribution in [-0.2, 0) is 23.2 Å². The first-order chi connectivity index (χ1) is 16.5. The van der Waals surface area contributed by atoms with Crippen LogP contribution in [0.4, 0.5) is 13.6 Å². The summed E-state index contributed by atoms with van der Waals surface area (Å²) in [5.41, 5.74) is 2.05. The molecule has 0 saturated heterocycles. The largest absolute Gasteiger partial charge is 0.489 e. The molecule has 10 nitrogen and oxygen atoms in total. The Labute approximate surface area is 201 Å². The molecule has 0 spiro atoms. The third kappa shape index (κ3) is 5.51. The van der Waals surface area contributed by atoms with Gasteiger partial charge in [0.05, 0.1) is 23.4 Å². The maximum atomic E-state index is 13.1. The van der Waals surface area contributed by atoms with Crippen molar-refractivity contribution in [3.05, 3.63) is 23.5 Å². The SMILES string of the molecule is Cc1nc(-c2nnn(C)c2COC(=O)N(C)C2CC(F)(F)C2)ccc1O[C@H]1CCC[C@H](C(=O)O)C1. The van der Waals surface area contributed by atoms with E-state index in [0.29, 0.717) is 41.4 Å². The Hall–Kier alpha value is -3.31. The van der Waals surface area contributed by atoms with Crippen molar-refractivity contribution in [1.82, 2.24) is 24.9 Å². The molecular weight excluding hydrogens is 464 g/mol. The number of hydrogen-bond acceptors (Lipinski definition) is 7. The summed E-state index contributed by atoms with van der Waals surface area (Å²) in [5.74, 6) is -3.35. The molecule has 2 fully saturated rings. The first-order valence-corrected chi connectivity index (χ1v) is 11.6. The van der Waals surface area contributed by atoms with Crippen molar-refractivity contribution in [2.24, 2.45) is 13.0 Å². The number of aliphatic carboxylic acids is 1. The third-order valence-electron chi connectivity index (χ3n) is 6.73. The maximum Gasteiger partial charge on any atom is 0.410 e. The van der Waals surface area contributed by atoms with Gasteiger partial charge in [-0.3, -0.25) is 4.79 Å². The van der Waals surface area contributed by atoms with Crippen LogP contribution in [0.25, 0.3) is 11.4 Å². The van der Waals surface area contributed by atoms with Crippen molar-refractivity contribution in [3.8, 4) is 17.1 Å². The second kappa shape index (κ2) is 9.74. The molecule has 1 amide bonds. The zero-order valence-electron chi connectivity index (χ0n) is 19.9. The van der Waals surface area contributed by atoms with Crippen molar-refractivity contribution in [2.45, 2.75) is 70.1 Å². The molecule has 2 heterocycles. The van der Waals surface area contributed by atoms with Gasteiger partial charge in [0.1, 0.15) is 23.7 Å². The molecule has 0 aliphatic heterocycles. The number of alkyl halides is 2. The predicted octanol–water partition coefficient (Wildman–Crippen LogP) is 3.57. The lowest BCUT2D eigenvalue weighted by Gasteiger charge is -2.40. The number of carboxylic acids is 1. The van der Waals surface area contributed by atoms with Crippen LogP contribution in [0.15, 0.2) is 12.1 Å². The van der Waals surface area contributed by atoms with Crippen LogP contribution >= 0.6 is 0 Å². The summed E-state index contributed by atoms with van der Waals surface area (Å²) >= 11 is 0. The van der Waals surface area contributed by atoms with Gasteiger partial charge >= 0.3 is 12.1 Å². The van der Waals surface area contributed by atoms with Crippen molar-refractivity contribution in [2.75, 3.05) is 7.05 Å². The zero-order valence-corrected chi connectivity index (χ0v) is 19.9. The average molecular weight is 494 g/mol. The van der Waals surface area contributed by atoms with Gasteiger partial charge in [-0.05, 0) is 44.7 Å². The van der Waals surface area contributed by atoms with E-state index in [4.69, 9.17) is 9.47 Å². The highest BCUT2D eigenvalue weighted by Gasteiger charge is 2.48. The van der Waals surface area contributed by atoms with Crippen molar-refractivity contribution in [3.63, 3.8) is 0 Å². The molecule has 1 N–H and O–H groups in total.